The van der Waals surface area contributed by atoms with Crippen molar-refractivity contribution in [2.75, 3.05) is 23.9 Å². The van der Waals surface area contributed by atoms with Crippen LogP contribution in [0.4, 0.5) is 17.1 Å². The Hall–Kier alpha value is -4.24. The van der Waals surface area contributed by atoms with Gasteiger partial charge in [0.05, 0.1) is 22.2 Å². The quantitative estimate of drug-likeness (QED) is 0.218. The van der Waals surface area contributed by atoms with E-state index in [1.165, 1.54) is 6.07 Å². The summed E-state index contributed by atoms with van der Waals surface area (Å²) in [5.41, 5.74) is 3.21. The van der Waals surface area contributed by atoms with E-state index in [-0.39, 0.29) is 17.8 Å². The van der Waals surface area contributed by atoms with Gasteiger partial charge in [-0.2, -0.15) is 0 Å². The molecule has 5 rings (SSSR count). The number of nitrogens with one attached hydrogen (secondary N) is 1. The number of furan rings is 1. The van der Waals surface area contributed by atoms with Gasteiger partial charge in [-0.1, -0.05) is 18.2 Å². The standard InChI is InChI=1S/C26H23N5O3S/c1-29(2)17-10-12-18(13-11-17)30-25(24(28-26(30)35)20-8-5-6-16-27-20)23-15-14-22(34-23)19-7-3-4-9-21(19)31(32)33/h3-16,24-25H,1-2H3,(H,28,35)/t24-,25+/m0/s1. The molecular weight excluding hydrogens is 462 g/mol. The van der Waals surface area contributed by atoms with Crippen molar-refractivity contribution in [3.63, 3.8) is 0 Å². The fraction of sp³-hybridized carbons (Fsp3) is 0.154. The molecule has 1 saturated heterocycles. The second-order valence-corrected chi connectivity index (χ2v) is 8.77. The highest BCUT2D eigenvalue weighted by Crippen LogP contribution is 2.43. The second kappa shape index (κ2) is 9.19. The van der Waals surface area contributed by atoms with Crippen LogP contribution >= 0.6 is 12.2 Å². The molecule has 3 heterocycles. The number of benzene rings is 2. The van der Waals surface area contributed by atoms with E-state index in [1.54, 1.807) is 30.5 Å². The maximum Gasteiger partial charge on any atom is 0.280 e. The second-order valence-electron chi connectivity index (χ2n) is 8.38. The Morgan fingerprint density at radius 1 is 1.03 bits per heavy atom. The van der Waals surface area contributed by atoms with Crippen LogP contribution in [-0.4, -0.2) is 29.1 Å². The van der Waals surface area contributed by atoms with Crippen LogP contribution in [0.1, 0.15) is 23.5 Å². The Kier molecular flexibility index (Phi) is 5.92. The Morgan fingerprint density at radius 2 is 1.77 bits per heavy atom. The predicted octanol–water partition coefficient (Wildman–Crippen LogP) is 5.49. The zero-order chi connectivity index (χ0) is 24.5. The van der Waals surface area contributed by atoms with E-state index in [0.717, 1.165) is 17.1 Å². The summed E-state index contributed by atoms with van der Waals surface area (Å²) in [6, 6.07) is 23.4. The molecule has 1 fully saturated rings. The molecular formula is C26H23N5O3S. The number of rotatable bonds is 6. The van der Waals surface area contributed by atoms with Crippen molar-refractivity contribution in [2.24, 2.45) is 0 Å². The zero-order valence-corrected chi connectivity index (χ0v) is 20.0. The monoisotopic (exact) mass is 485 g/mol. The van der Waals surface area contributed by atoms with Gasteiger partial charge in [0.25, 0.3) is 5.69 Å². The van der Waals surface area contributed by atoms with Gasteiger partial charge >= 0.3 is 0 Å². The summed E-state index contributed by atoms with van der Waals surface area (Å²) >= 11 is 5.76. The first-order valence-corrected chi connectivity index (χ1v) is 11.5. The van der Waals surface area contributed by atoms with Gasteiger partial charge in [-0.05, 0) is 66.8 Å². The van der Waals surface area contributed by atoms with Gasteiger partial charge in [-0.25, -0.2) is 0 Å². The summed E-state index contributed by atoms with van der Waals surface area (Å²) in [6.07, 6.45) is 1.74. The molecule has 2 atom stereocenters. The smallest absolute Gasteiger partial charge is 0.280 e. The SMILES string of the molecule is CN(C)c1ccc(N2C(=S)N[C@@H](c3ccccn3)[C@H]2c2ccc(-c3ccccc3[N+](=O)[O-])o2)cc1. The summed E-state index contributed by atoms with van der Waals surface area (Å²) in [4.78, 5) is 19.8. The third-order valence-electron chi connectivity index (χ3n) is 6.03. The summed E-state index contributed by atoms with van der Waals surface area (Å²) in [7, 11) is 3.98. The molecule has 2 aromatic carbocycles. The molecule has 8 nitrogen and oxygen atoms in total. The molecule has 2 aromatic heterocycles. The Labute approximate surface area is 208 Å². The first-order chi connectivity index (χ1) is 16.9. The van der Waals surface area contributed by atoms with Crippen molar-refractivity contribution in [1.29, 1.82) is 0 Å². The highest BCUT2D eigenvalue weighted by molar-refractivity contribution is 7.80. The van der Waals surface area contributed by atoms with E-state index in [1.807, 2.05) is 72.4 Å². The van der Waals surface area contributed by atoms with Gasteiger partial charge in [0, 0.05) is 37.7 Å². The van der Waals surface area contributed by atoms with E-state index in [4.69, 9.17) is 16.6 Å². The van der Waals surface area contributed by atoms with E-state index in [0.29, 0.717) is 22.2 Å². The maximum atomic E-state index is 11.6. The highest BCUT2D eigenvalue weighted by Gasteiger charge is 2.42. The predicted molar refractivity (Wildman–Crippen MR) is 139 cm³/mol. The minimum Gasteiger partial charge on any atom is -0.459 e. The first-order valence-electron chi connectivity index (χ1n) is 11.1. The van der Waals surface area contributed by atoms with Crippen LogP contribution < -0.4 is 15.1 Å². The third kappa shape index (κ3) is 4.22. The van der Waals surface area contributed by atoms with Crippen molar-refractivity contribution in [3.05, 3.63) is 107 Å². The maximum absolute atomic E-state index is 11.6. The minimum absolute atomic E-state index is 0.00845. The molecule has 1 aliphatic heterocycles. The molecule has 9 heteroatoms. The number of nitro benzene ring substituents is 1. The van der Waals surface area contributed by atoms with Crippen LogP contribution in [0.15, 0.2) is 89.5 Å². The number of nitro groups is 1. The Balaban J connectivity index is 1.60. The van der Waals surface area contributed by atoms with Gasteiger partial charge in [-0.3, -0.25) is 15.1 Å². The zero-order valence-electron chi connectivity index (χ0n) is 19.2. The molecule has 0 amide bonds. The fourth-order valence-corrected chi connectivity index (χ4v) is 4.68. The van der Waals surface area contributed by atoms with Crippen molar-refractivity contribution in [2.45, 2.75) is 12.1 Å². The van der Waals surface area contributed by atoms with E-state index in [9.17, 15) is 10.1 Å². The molecule has 0 spiro atoms. The van der Waals surface area contributed by atoms with Crippen molar-refractivity contribution >= 4 is 34.4 Å². The molecule has 1 N–H and O–H groups in total. The van der Waals surface area contributed by atoms with Crippen LogP contribution in [0, 0.1) is 10.1 Å². The Morgan fingerprint density at radius 3 is 2.46 bits per heavy atom. The van der Waals surface area contributed by atoms with Gasteiger partial charge in [0.1, 0.15) is 17.6 Å². The lowest BCUT2D eigenvalue weighted by atomic mass is 10.0. The van der Waals surface area contributed by atoms with Crippen LogP contribution in [0.2, 0.25) is 0 Å². The largest absolute Gasteiger partial charge is 0.459 e. The van der Waals surface area contributed by atoms with E-state index >= 15 is 0 Å². The van der Waals surface area contributed by atoms with Gasteiger partial charge < -0.3 is 19.5 Å². The molecule has 0 radical (unpaired) electrons. The number of thiocarbonyl (C=S) groups is 1. The van der Waals surface area contributed by atoms with Crippen molar-refractivity contribution in [3.8, 4) is 11.3 Å². The number of aromatic nitrogens is 1. The molecule has 4 aromatic rings. The number of anilines is 2. The molecule has 0 saturated carbocycles. The topological polar surface area (TPSA) is 87.7 Å². The average Bonchev–Trinajstić information content (AvgIpc) is 3.49. The molecule has 0 aliphatic carbocycles. The normalized spacial score (nSPS) is 17.3. The van der Waals surface area contributed by atoms with Crippen LogP contribution in [0.3, 0.4) is 0 Å². The number of nitrogens with zero attached hydrogens (tertiary/aromatic N) is 4. The van der Waals surface area contributed by atoms with Crippen LogP contribution in [-0.2, 0) is 0 Å². The summed E-state index contributed by atoms with van der Waals surface area (Å²) in [5, 5.41) is 15.5. The number of para-hydroxylation sites is 1. The van der Waals surface area contributed by atoms with Gasteiger partial charge in [-0.15, -0.1) is 0 Å². The highest BCUT2D eigenvalue weighted by atomic mass is 32.1. The molecule has 0 bridgehead atoms. The lowest BCUT2D eigenvalue weighted by molar-refractivity contribution is -0.384. The number of pyridine rings is 1. The molecule has 1 aliphatic rings. The van der Waals surface area contributed by atoms with Gasteiger partial charge in [0.15, 0.2) is 5.11 Å². The number of hydrogen-bond donors (Lipinski definition) is 1. The summed E-state index contributed by atoms with van der Waals surface area (Å²) in [6.45, 7) is 0. The molecule has 176 valence electrons. The van der Waals surface area contributed by atoms with Crippen LogP contribution in [0.25, 0.3) is 11.3 Å². The molecule has 0 unspecified atom stereocenters. The minimum atomic E-state index is -0.404. The van der Waals surface area contributed by atoms with E-state index in [2.05, 4.69) is 10.3 Å². The third-order valence-corrected chi connectivity index (χ3v) is 6.34. The first kappa shape index (κ1) is 22.5. The number of hydrogen-bond acceptors (Lipinski definition) is 6. The summed E-state index contributed by atoms with van der Waals surface area (Å²) < 4.78 is 6.28. The van der Waals surface area contributed by atoms with Gasteiger partial charge in [0.2, 0.25) is 0 Å². The Bertz CT molecular complexity index is 1370. The van der Waals surface area contributed by atoms with Crippen molar-refractivity contribution in [1.82, 2.24) is 10.3 Å². The lowest BCUT2D eigenvalue weighted by Gasteiger charge is -2.26. The fourth-order valence-electron chi connectivity index (χ4n) is 4.33. The summed E-state index contributed by atoms with van der Waals surface area (Å²) in [5.74, 6) is 1.05. The van der Waals surface area contributed by atoms with Crippen molar-refractivity contribution < 1.29 is 9.34 Å². The van der Waals surface area contributed by atoms with Crippen LogP contribution in [0.5, 0.6) is 0 Å². The lowest BCUT2D eigenvalue weighted by Crippen LogP contribution is -2.29. The van der Waals surface area contributed by atoms with E-state index < -0.39 is 4.92 Å². The molecule has 35 heavy (non-hydrogen) atoms. The average molecular weight is 486 g/mol.